The van der Waals surface area contributed by atoms with E-state index in [1.54, 1.807) is 21.7 Å². The van der Waals surface area contributed by atoms with Crippen molar-refractivity contribution >= 4 is 36.0 Å². The molecule has 0 saturated carbocycles. The van der Waals surface area contributed by atoms with E-state index in [9.17, 15) is 9.18 Å². The molecule has 2 amide bonds. The molecule has 2 aromatic rings. The highest BCUT2D eigenvalue weighted by atomic mass is 127. The summed E-state index contributed by atoms with van der Waals surface area (Å²) < 4.78 is 14.8. The van der Waals surface area contributed by atoms with E-state index in [0.717, 1.165) is 36.7 Å². The lowest BCUT2D eigenvalue weighted by molar-refractivity contribution is 0.188. The predicted octanol–water partition coefficient (Wildman–Crippen LogP) is 2.27. The number of rotatable bonds is 6. The van der Waals surface area contributed by atoms with E-state index in [0.29, 0.717) is 26.1 Å². The molecule has 8 nitrogen and oxygen atoms in total. The van der Waals surface area contributed by atoms with Crippen LogP contribution in [0.5, 0.6) is 0 Å². The monoisotopic (exact) mass is 529 g/mol. The van der Waals surface area contributed by atoms with Crippen LogP contribution >= 0.6 is 24.0 Å². The van der Waals surface area contributed by atoms with Gasteiger partial charge in [0.15, 0.2) is 5.96 Å². The number of nitrogens with zero attached hydrogens (tertiary/aromatic N) is 4. The van der Waals surface area contributed by atoms with Gasteiger partial charge in [0, 0.05) is 44.8 Å². The summed E-state index contributed by atoms with van der Waals surface area (Å²) in [4.78, 5) is 17.5. The van der Waals surface area contributed by atoms with Crippen molar-refractivity contribution < 1.29 is 9.18 Å². The zero-order chi connectivity index (χ0) is 20.6. The minimum Gasteiger partial charge on any atom is -0.357 e. The number of benzene rings is 1. The number of primary amides is 1. The highest BCUT2D eigenvalue weighted by Gasteiger charge is 2.21. The van der Waals surface area contributed by atoms with Crippen LogP contribution in [0.1, 0.15) is 25.5 Å². The lowest BCUT2D eigenvalue weighted by Crippen LogP contribution is -2.50. The SMILES string of the molecule is CCNC(=NCCc1ccn(-c2ccc(F)cc2)n1)NC1CCN(C(N)=O)CC1.I. The number of piperidine rings is 1. The fourth-order valence-corrected chi connectivity index (χ4v) is 3.27. The lowest BCUT2D eigenvalue weighted by Gasteiger charge is -2.32. The summed E-state index contributed by atoms with van der Waals surface area (Å²) in [6.07, 6.45) is 4.25. The Balaban J connectivity index is 0.00000320. The molecule has 164 valence electrons. The summed E-state index contributed by atoms with van der Waals surface area (Å²) in [6.45, 7) is 4.71. The number of carbonyl (C=O) groups excluding carboxylic acids is 1. The zero-order valence-electron chi connectivity index (χ0n) is 17.1. The van der Waals surface area contributed by atoms with Crippen LogP contribution in [0, 0.1) is 5.82 Å². The Bertz CT molecular complexity index is 832. The van der Waals surface area contributed by atoms with Crippen LogP contribution < -0.4 is 16.4 Å². The lowest BCUT2D eigenvalue weighted by atomic mass is 10.1. The van der Waals surface area contributed by atoms with Gasteiger partial charge in [0.1, 0.15) is 5.82 Å². The number of nitrogens with one attached hydrogen (secondary N) is 2. The summed E-state index contributed by atoms with van der Waals surface area (Å²) in [6, 6.07) is 8.08. The first-order chi connectivity index (χ1) is 14.0. The number of carbonyl (C=O) groups is 1. The Labute approximate surface area is 193 Å². The Hall–Kier alpha value is -2.37. The fraction of sp³-hybridized carbons (Fsp3) is 0.450. The van der Waals surface area contributed by atoms with Crippen molar-refractivity contribution in [2.75, 3.05) is 26.2 Å². The molecule has 0 unspecified atom stereocenters. The van der Waals surface area contributed by atoms with Gasteiger partial charge in [0.25, 0.3) is 0 Å². The number of urea groups is 1. The van der Waals surface area contributed by atoms with Crippen molar-refractivity contribution in [2.45, 2.75) is 32.2 Å². The molecule has 3 rings (SSSR count). The third-order valence-electron chi connectivity index (χ3n) is 4.87. The van der Waals surface area contributed by atoms with Gasteiger partial charge in [-0.25, -0.2) is 13.9 Å². The molecule has 0 atom stereocenters. The molecule has 1 aliphatic rings. The predicted molar refractivity (Wildman–Crippen MR) is 126 cm³/mol. The molecular weight excluding hydrogens is 500 g/mol. The Kier molecular flexibility index (Phi) is 9.34. The fourth-order valence-electron chi connectivity index (χ4n) is 3.27. The standard InChI is InChI=1S/C20H28FN7O.HI/c1-2-23-20(25-16-8-12-27(13-9-16)19(22)29)24-11-7-17-10-14-28(26-17)18-5-3-15(21)4-6-18;/h3-6,10,14,16H,2,7-9,11-13H2,1H3,(H2,22,29)(H2,23,24,25);1H. The third-order valence-corrected chi connectivity index (χ3v) is 4.87. The molecule has 2 heterocycles. The number of aliphatic imine (C=N–C) groups is 1. The molecule has 4 N–H and O–H groups in total. The van der Waals surface area contributed by atoms with Crippen LogP contribution in [0.2, 0.25) is 0 Å². The maximum Gasteiger partial charge on any atom is 0.314 e. The number of hydrogen-bond donors (Lipinski definition) is 3. The summed E-state index contributed by atoms with van der Waals surface area (Å²) >= 11 is 0. The van der Waals surface area contributed by atoms with Gasteiger partial charge in [0.2, 0.25) is 0 Å². The average Bonchev–Trinajstić information content (AvgIpc) is 3.18. The summed E-state index contributed by atoms with van der Waals surface area (Å²) in [5.74, 6) is 0.502. The van der Waals surface area contributed by atoms with Crippen LogP contribution in [-0.2, 0) is 6.42 Å². The Morgan fingerprint density at radius 1 is 1.27 bits per heavy atom. The molecule has 1 aromatic carbocycles. The van der Waals surface area contributed by atoms with Crippen molar-refractivity contribution in [1.29, 1.82) is 0 Å². The van der Waals surface area contributed by atoms with E-state index in [1.165, 1.54) is 12.1 Å². The summed E-state index contributed by atoms with van der Waals surface area (Å²) in [7, 11) is 0. The second-order valence-corrected chi connectivity index (χ2v) is 6.98. The molecule has 0 spiro atoms. The van der Waals surface area contributed by atoms with E-state index in [4.69, 9.17) is 5.73 Å². The number of aromatic nitrogens is 2. The van der Waals surface area contributed by atoms with Crippen LogP contribution in [0.3, 0.4) is 0 Å². The van der Waals surface area contributed by atoms with Gasteiger partial charge in [-0.15, -0.1) is 24.0 Å². The maximum absolute atomic E-state index is 13.1. The highest BCUT2D eigenvalue weighted by Crippen LogP contribution is 2.11. The molecule has 0 bridgehead atoms. The van der Waals surface area contributed by atoms with Crippen molar-refractivity contribution in [3.8, 4) is 5.69 Å². The topological polar surface area (TPSA) is 101 Å². The van der Waals surface area contributed by atoms with Gasteiger partial charge in [-0.05, 0) is 50.1 Å². The van der Waals surface area contributed by atoms with Crippen LogP contribution in [0.25, 0.3) is 5.69 Å². The molecule has 1 aromatic heterocycles. The Morgan fingerprint density at radius 2 is 1.97 bits per heavy atom. The van der Waals surface area contributed by atoms with Crippen molar-refractivity contribution in [1.82, 2.24) is 25.3 Å². The van der Waals surface area contributed by atoms with Gasteiger partial charge < -0.3 is 21.3 Å². The largest absolute Gasteiger partial charge is 0.357 e. The number of likely N-dealkylation sites (tertiary alicyclic amines) is 1. The summed E-state index contributed by atoms with van der Waals surface area (Å²) in [5.41, 5.74) is 7.07. The van der Waals surface area contributed by atoms with E-state index >= 15 is 0 Å². The molecule has 0 radical (unpaired) electrons. The highest BCUT2D eigenvalue weighted by molar-refractivity contribution is 14.0. The van der Waals surface area contributed by atoms with Crippen LogP contribution in [0.4, 0.5) is 9.18 Å². The number of guanidine groups is 1. The quantitative estimate of drug-likeness (QED) is 0.304. The van der Waals surface area contributed by atoms with Crippen LogP contribution in [-0.4, -0.2) is 58.9 Å². The number of halogens is 2. The van der Waals surface area contributed by atoms with Gasteiger partial charge in [-0.1, -0.05) is 0 Å². The van der Waals surface area contributed by atoms with Gasteiger partial charge in [-0.2, -0.15) is 5.10 Å². The second kappa shape index (κ2) is 11.7. The molecular formula is C20H29FIN7O. The first kappa shape index (κ1) is 23.9. The smallest absolute Gasteiger partial charge is 0.314 e. The molecule has 1 saturated heterocycles. The minimum atomic E-state index is -0.357. The van der Waals surface area contributed by atoms with E-state index < -0.39 is 0 Å². The number of nitrogens with two attached hydrogens (primary N) is 1. The normalized spacial score (nSPS) is 14.9. The van der Waals surface area contributed by atoms with Crippen LogP contribution in [0.15, 0.2) is 41.5 Å². The summed E-state index contributed by atoms with van der Waals surface area (Å²) in [5, 5.41) is 11.2. The van der Waals surface area contributed by atoms with Gasteiger partial charge in [-0.3, -0.25) is 4.99 Å². The van der Waals surface area contributed by atoms with Crippen molar-refractivity contribution in [2.24, 2.45) is 10.7 Å². The Morgan fingerprint density at radius 3 is 2.60 bits per heavy atom. The second-order valence-electron chi connectivity index (χ2n) is 6.98. The average molecular weight is 529 g/mol. The molecule has 1 aliphatic heterocycles. The van der Waals surface area contributed by atoms with Gasteiger partial charge in [0.05, 0.1) is 11.4 Å². The third kappa shape index (κ3) is 6.85. The number of amides is 2. The minimum absolute atomic E-state index is 0. The van der Waals surface area contributed by atoms with Crippen molar-refractivity contribution in [3.05, 3.63) is 48.0 Å². The number of hydrogen-bond acceptors (Lipinski definition) is 3. The van der Waals surface area contributed by atoms with Crippen molar-refractivity contribution in [3.63, 3.8) is 0 Å². The maximum atomic E-state index is 13.1. The molecule has 1 fully saturated rings. The zero-order valence-corrected chi connectivity index (χ0v) is 19.4. The van der Waals surface area contributed by atoms with E-state index in [2.05, 4.69) is 20.7 Å². The van der Waals surface area contributed by atoms with E-state index in [1.807, 2.05) is 19.2 Å². The molecule has 30 heavy (non-hydrogen) atoms. The van der Waals surface area contributed by atoms with E-state index in [-0.39, 0.29) is 41.9 Å². The first-order valence-corrected chi connectivity index (χ1v) is 9.95. The molecule has 10 heteroatoms. The first-order valence-electron chi connectivity index (χ1n) is 9.95. The van der Waals surface area contributed by atoms with Gasteiger partial charge >= 0.3 is 6.03 Å². The molecule has 0 aliphatic carbocycles.